The molecule has 0 radical (unpaired) electrons. The minimum Gasteiger partial charge on any atom is -0.465 e. The van der Waals surface area contributed by atoms with Gasteiger partial charge in [0.25, 0.3) is 0 Å². The Bertz CT molecular complexity index is 381. The first-order valence-corrected chi connectivity index (χ1v) is 7.98. The summed E-state index contributed by atoms with van der Waals surface area (Å²) in [6.07, 6.45) is 2.92. The molecule has 1 aliphatic rings. The fourth-order valence-electron chi connectivity index (χ4n) is 2.69. The molecule has 128 valence electrons. The average molecular weight is 315 g/mol. The van der Waals surface area contributed by atoms with Gasteiger partial charge in [-0.05, 0) is 40.0 Å². The van der Waals surface area contributed by atoms with Crippen molar-refractivity contribution in [3.8, 4) is 0 Å². The number of hydrogen-bond donors (Lipinski definition) is 3. The van der Waals surface area contributed by atoms with E-state index in [1.54, 1.807) is 20.8 Å². The number of amides is 2. The van der Waals surface area contributed by atoms with E-state index >= 15 is 0 Å². The van der Waals surface area contributed by atoms with Crippen LogP contribution >= 0.6 is 0 Å². The molecule has 1 rings (SSSR count). The van der Waals surface area contributed by atoms with E-state index in [1.807, 2.05) is 0 Å². The number of carbonyl (C=O) groups excluding carboxylic acids is 1. The molecule has 2 amide bonds. The minimum absolute atomic E-state index is 0.0936. The molecule has 3 N–H and O–H groups in total. The van der Waals surface area contributed by atoms with Gasteiger partial charge >= 0.3 is 12.2 Å². The normalized spacial score (nSPS) is 22.3. The van der Waals surface area contributed by atoms with Crippen LogP contribution in [0.4, 0.5) is 9.59 Å². The van der Waals surface area contributed by atoms with Crippen molar-refractivity contribution in [1.82, 2.24) is 15.8 Å². The summed E-state index contributed by atoms with van der Waals surface area (Å²) < 4.78 is 5.18. The second-order valence-corrected chi connectivity index (χ2v) is 6.71. The van der Waals surface area contributed by atoms with Crippen LogP contribution in [0.15, 0.2) is 0 Å². The standard InChI is InChI=1S/C15H29N3O4/c1-5-6-9-12-11(8-7-10-18(12)14(20)21)16-17-13(19)22-15(2,3)4/h11-12,16H,5-10H2,1-4H3,(H,17,19)(H,20,21). The number of nitrogens with zero attached hydrogens (tertiary/aromatic N) is 1. The molecule has 1 saturated heterocycles. The molecule has 0 spiro atoms. The Balaban J connectivity index is 2.60. The number of carbonyl (C=O) groups is 2. The highest BCUT2D eigenvalue weighted by Gasteiger charge is 2.34. The molecular weight excluding hydrogens is 286 g/mol. The lowest BCUT2D eigenvalue weighted by atomic mass is 9.93. The lowest BCUT2D eigenvalue weighted by molar-refractivity contribution is 0.0435. The van der Waals surface area contributed by atoms with Gasteiger partial charge in [0.1, 0.15) is 5.60 Å². The Hall–Kier alpha value is -1.50. The Labute approximate surface area is 132 Å². The second kappa shape index (κ2) is 8.22. The smallest absolute Gasteiger partial charge is 0.422 e. The van der Waals surface area contributed by atoms with E-state index in [9.17, 15) is 14.7 Å². The highest BCUT2D eigenvalue weighted by atomic mass is 16.6. The zero-order valence-electron chi connectivity index (χ0n) is 14.0. The van der Waals surface area contributed by atoms with Crippen LogP contribution in [-0.2, 0) is 4.74 Å². The molecule has 0 saturated carbocycles. The first-order valence-electron chi connectivity index (χ1n) is 7.98. The molecule has 7 nitrogen and oxygen atoms in total. The molecule has 7 heteroatoms. The number of piperidine rings is 1. The Morgan fingerprint density at radius 3 is 2.59 bits per heavy atom. The summed E-state index contributed by atoms with van der Waals surface area (Å²) >= 11 is 0. The summed E-state index contributed by atoms with van der Waals surface area (Å²) in [6.45, 7) is 8.01. The van der Waals surface area contributed by atoms with Crippen molar-refractivity contribution in [3.05, 3.63) is 0 Å². The largest absolute Gasteiger partial charge is 0.465 e. The molecule has 22 heavy (non-hydrogen) atoms. The number of hydrazine groups is 1. The number of likely N-dealkylation sites (tertiary alicyclic amines) is 1. The van der Waals surface area contributed by atoms with Crippen molar-refractivity contribution in [2.45, 2.75) is 77.5 Å². The van der Waals surface area contributed by atoms with E-state index in [0.717, 1.165) is 32.1 Å². The molecule has 1 aliphatic heterocycles. The molecular formula is C15H29N3O4. The van der Waals surface area contributed by atoms with Gasteiger partial charge in [0, 0.05) is 12.6 Å². The third kappa shape index (κ3) is 6.09. The SMILES string of the molecule is CCCCC1C(NNC(=O)OC(C)(C)C)CCCN1C(=O)O. The van der Waals surface area contributed by atoms with Gasteiger partial charge in [-0.3, -0.25) is 5.43 Å². The topological polar surface area (TPSA) is 90.9 Å². The van der Waals surface area contributed by atoms with Crippen LogP contribution in [0.3, 0.4) is 0 Å². The molecule has 0 aliphatic carbocycles. The monoisotopic (exact) mass is 315 g/mol. The highest BCUT2D eigenvalue weighted by molar-refractivity contribution is 5.67. The predicted octanol–water partition coefficient (Wildman–Crippen LogP) is 2.72. The van der Waals surface area contributed by atoms with Gasteiger partial charge in [0.05, 0.1) is 6.04 Å². The maximum Gasteiger partial charge on any atom is 0.422 e. The maximum absolute atomic E-state index is 11.7. The first-order chi connectivity index (χ1) is 10.2. The number of ether oxygens (including phenoxy) is 1. The van der Waals surface area contributed by atoms with Gasteiger partial charge in [0.2, 0.25) is 0 Å². The summed E-state index contributed by atoms with van der Waals surface area (Å²) in [5.74, 6) is 0. The average Bonchev–Trinajstić information content (AvgIpc) is 2.41. The summed E-state index contributed by atoms with van der Waals surface area (Å²) in [5.41, 5.74) is 4.94. The summed E-state index contributed by atoms with van der Waals surface area (Å²) in [6, 6.07) is -0.218. The third-order valence-electron chi connectivity index (χ3n) is 3.64. The fourth-order valence-corrected chi connectivity index (χ4v) is 2.69. The molecule has 1 heterocycles. The van der Waals surface area contributed by atoms with Crippen LogP contribution in [0.2, 0.25) is 0 Å². The molecule has 0 aromatic carbocycles. The maximum atomic E-state index is 11.7. The van der Waals surface area contributed by atoms with Crippen molar-refractivity contribution in [3.63, 3.8) is 0 Å². The van der Waals surface area contributed by atoms with Gasteiger partial charge < -0.3 is 14.7 Å². The van der Waals surface area contributed by atoms with Gasteiger partial charge in [-0.15, -0.1) is 0 Å². The van der Waals surface area contributed by atoms with Crippen LogP contribution in [0, 0.1) is 0 Å². The van der Waals surface area contributed by atoms with Crippen LogP contribution in [0.25, 0.3) is 0 Å². The van der Waals surface area contributed by atoms with E-state index in [4.69, 9.17) is 4.74 Å². The van der Waals surface area contributed by atoms with Crippen molar-refractivity contribution in [2.75, 3.05) is 6.54 Å². The van der Waals surface area contributed by atoms with E-state index in [2.05, 4.69) is 17.8 Å². The molecule has 1 fully saturated rings. The van der Waals surface area contributed by atoms with Gasteiger partial charge in [-0.1, -0.05) is 19.8 Å². The van der Waals surface area contributed by atoms with Crippen LogP contribution in [-0.4, -0.2) is 46.4 Å². The van der Waals surface area contributed by atoms with Crippen LogP contribution < -0.4 is 10.9 Å². The van der Waals surface area contributed by atoms with Crippen molar-refractivity contribution in [1.29, 1.82) is 0 Å². The van der Waals surface area contributed by atoms with Crippen LogP contribution in [0.5, 0.6) is 0 Å². The molecule has 0 bridgehead atoms. The number of rotatable bonds is 5. The summed E-state index contributed by atoms with van der Waals surface area (Å²) in [5, 5.41) is 9.34. The molecule has 2 atom stereocenters. The third-order valence-corrected chi connectivity index (χ3v) is 3.64. The van der Waals surface area contributed by atoms with Gasteiger partial charge in [-0.2, -0.15) is 0 Å². The Morgan fingerprint density at radius 2 is 2.05 bits per heavy atom. The van der Waals surface area contributed by atoms with Crippen molar-refractivity contribution >= 4 is 12.2 Å². The summed E-state index contributed by atoms with van der Waals surface area (Å²) in [7, 11) is 0. The zero-order valence-corrected chi connectivity index (χ0v) is 14.0. The second-order valence-electron chi connectivity index (χ2n) is 6.71. The predicted molar refractivity (Wildman–Crippen MR) is 83.6 cm³/mol. The first kappa shape index (κ1) is 18.5. The number of carboxylic acid groups (broad SMARTS) is 1. The lowest BCUT2D eigenvalue weighted by Gasteiger charge is -2.40. The summed E-state index contributed by atoms with van der Waals surface area (Å²) in [4.78, 5) is 24.6. The van der Waals surface area contributed by atoms with E-state index in [0.29, 0.717) is 6.54 Å². The molecule has 0 aromatic rings. The number of nitrogens with one attached hydrogen (secondary N) is 2. The fraction of sp³-hybridized carbons (Fsp3) is 0.867. The molecule has 2 unspecified atom stereocenters. The Kier molecular flexibility index (Phi) is 6.93. The number of unbranched alkanes of at least 4 members (excludes halogenated alkanes) is 1. The van der Waals surface area contributed by atoms with E-state index in [-0.39, 0.29) is 12.1 Å². The lowest BCUT2D eigenvalue weighted by Crippen LogP contribution is -2.59. The Morgan fingerprint density at radius 1 is 1.36 bits per heavy atom. The van der Waals surface area contributed by atoms with E-state index < -0.39 is 17.8 Å². The van der Waals surface area contributed by atoms with Gasteiger partial charge in [0.15, 0.2) is 0 Å². The quantitative estimate of drug-likeness (QED) is 0.679. The van der Waals surface area contributed by atoms with Crippen molar-refractivity contribution in [2.24, 2.45) is 0 Å². The van der Waals surface area contributed by atoms with Crippen LogP contribution in [0.1, 0.15) is 59.8 Å². The van der Waals surface area contributed by atoms with E-state index in [1.165, 1.54) is 4.90 Å². The molecule has 0 aromatic heterocycles. The van der Waals surface area contributed by atoms with Crippen molar-refractivity contribution < 1.29 is 19.4 Å². The number of hydrogen-bond acceptors (Lipinski definition) is 4. The minimum atomic E-state index is -0.898. The van der Waals surface area contributed by atoms with Gasteiger partial charge in [-0.25, -0.2) is 15.0 Å². The zero-order chi connectivity index (χ0) is 16.8. The highest BCUT2D eigenvalue weighted by Crippen LogP contribution is 2.22.